The molecule has 0 aliphatic carbocycles. The highest BCUT2D eigenvalue weighted by Gasteiger charge is 2.56. The predicted molar refractivity (Wildman–Crippen MR) is 151 cm³/mol. The molecule has 6 atom stereocenters. The minimum Gasteiger partial charge on any atom is -0.575 e. The maximum atomic E-state index is 12.7. The van der Waals surface area contributed by atoms with Crippen molar-refractivity contribution in [1.29, 1.82) is 0 Å². The second kappa shape index (κ2) is 13.2. The van der Waals surface area contributed by atoms with Crippen molar-refractivity contribution in [2.45, 2.75) is 43.7 Å². The second-order valence-corrected chi connectivity index (χ2v) is 10.4. The van der Waals surface area contributed by atoms with Crippen LogP contribution in [0.15, 0.2) is 77.1 Å². The first-order chi connectivity index (χ1) is 21.2. The fraction of sp³-hybridized carbons (Fsp3) is 0.308. The van der Waals surface area contributed by atoms with Crippen LogP contribution in [-0.2, 0) is 20.9 Å². The molecule has 2 aromatic heterocycles. The Morgan fingerprint density at radius 1 is 1.20 bits per heavy atom. The number of imidazole rings is 1. The number of azide groups is 1. The number of nitrogen functional groups attached to an aromatic ring is 1. The van der Waals surface area contributed by atoms with Crippen LogP contribution in [0.3, 0.4) is 0 Å². The highest BCUT2D eigenvalue weighted by atomic mass is 31.1. The molecule has 44 heavy (non-hydrogen) atoms. The third-order valence-electron chi connectivity index (χ3n) is 6.57. The Labute approximate surface area is 250 Å². The first-order valence-corrected chi connectivity index (χ1v) is 14.2. The Kier molecular flexibility index (Phi) is 9.15. The predicted octanol–water partition coefficient (Wildman–Crippen LogP) is 2.11. The van der Waals surface area contributed by atoms with E-state index in [-0.39, 0.29) is 35.1 Å². The van der Waals surface area contributed by atoms with Crippen LogP contribution < -0.4 is 19.9 Å². The number of hydrogen-bond acceptors (Lipinski definition) is 14. The molecule has 0 amide bonds. The number of hydrogen-bond donors (Lipinski definition) is 3. The molecule has 1 unspecified atom stereocenters. The van der Waals surface area contributed by atoms with Crippen LogP contribution in [0, 0.1) is 0 Å². The molecule has 0 spiro atoms. The van der Waals surface area contributed by atoms with Crippen molar-refractivity contribution in [3.63, 3.8) is 0 Å². The number of aliphatic hydroxyl groups excluding tert-OH is 2. The fourth-order valence-electron chi connectivity index (χ4n) is 4.33. The van der Waals surface area contributed by atoms with Crippen LogP contribution in [0.1, 0.15) is 18.7 Å². The number of aromatic nitrogens is 4. The standard InChI is InChI=1S/C26H26N9O8P/c1-15(25(38)40-11-16-7-3-2-4-8-16)32-44(39)43-18-10-6-5-9-17(18)41-12-26(33-34-28)21(37)20(36)24(42-26)35-14-31-19-22(27)29-13-30-23(19)35/h2-10,13-15,20-21,24,36-37H,11-12H2,1H3,(H2,27,29,30)/t15-,20+,21-,24+,26+/m0/s1. The maximum Gasteiger partial charge on any atom is 0.395 e. The number of carbonyl (C=O) groups is 1. The summed E-state index contributed by atoms with van der Waals surface area (Å²) in [7, 11) is -2.76. The zero-order chi connectivity index (χ0) is 31.3. The molecule has 0 saturated carbocycles. The second-order valence-electron chi connectivity index (χ2n) is 9.51. The van der Waals surface area contributed by atoms with Gasteiger partial charge in [-0.3, -0.25) is 9.09 Å². The van der Waals surface area contributed by atoms with Crippen molar-refractivity contribution >= 4 is 31.1 Å². The summed E-state index contributed by atoms with van der Waals surface area (Å²) >= 11 is 0. The van der Waals surface area contributed by atoms with Crippen LogP contribution in [0.4, 0.5) is 5.82 Å². The Hall–Kier alpha value is -4.89. The molecule has 4 N–H and O–H groups in total. The number of ether oxygens (including phenoxy) is 3. The number of anilines is 1. The smallest absolute Gasteiger partial charge is 0.395 e. The van der Waals surface area contributed by atoms with Crippen LogP contribution in [0.2, 0.25) is 0 Å². The fourth-order valence-corrected chi connectivity index (χ4v) is 5.07. The lowest BCUT2D eigenvalue weighted by Crippen LogP contribution is -2.46. The zero-order valence-corrected chi connectivity index (χ0v) is 23.9. The summed E-state index contributed by atoms with van der Waals surface area (Å²) in [5, 5.41) is 25.4. The number of carbonyl (C=O) groups excluding carboxylic acids is 1. The van der Waals surface area contributed by atoms with Crippen molar-refractivity contribution < 1.29 is 38.6 Å². The minimum absolute atomic E-state index is 0.0141. The van der Waals surface area contributed by atoms with E-state index in [1.54, 1.807) is 24.3 Å². The SMILES string of the molecule is C[C@H](N=[P+]([O-])Oc1ccccc1OC[C@@]1(N=[N+]=[N-])O[C@@H](n2cnc3c(N)ncnc32)[C@H](O)[C@@H]1O)C(=O)OCc1ccccc1. The largest absolute Gasteiger partial charge is 0.575 e. The summed E-state index contributed by atoms with van der Waals surface area (Å²) in [4.78, 5) is 39.9. The molecule has 3 heterocycles. The zero-order valence-electron chi connectivity index (χ0n) is 23.0. The summed E-state index contributed by atoms with van der Waals surface area (Å²) in [6.45, 7) is 0.843. The van der Waals surface area contributed by atoms with Gasteiger partial charge < -0.3 is 35.1 Å². The topological polar surface area (TPSA) is 248 Å². The average molecular weight is 624 g/mol. The van der Waals surface area contributed by atoms with E-state index in [4.69, 9.17) is 24.5 Å². The molecule has 1 fully saturated rings. The van der Waals surface area contributed by atoms with E-state index in [9.17, 15) is 25.4 Å². The van der Waals surface area contributed by atoms with Gasteiger partial charge in [-0.05, 0) is 30.2 Å². The van der Waals surface area contributed by atoms with E-state index in [1.165, 1.54) is 36.3 Å². The first kappa shape index (κ1) is 30.6. The number of rotatable bonds is 11. The molecule has 0 radical (unpaired) electrons. The van der Waals surface area contributed by atoms with E-state index >= 15 is 0 Å². The molecule has 5 rings (SSSR count). The van der Waals surface area contributed by atoms with Gasteiger partial charge in [0.15, 0.2) is 29.5 Å². The lowest BCUT2D eigenvalue weighted by atomic mass is 10.1. The van der Waals surface area contributed by atoms with Crippen molar-refractivity contribution in [3.8, 4) is 11.5 Å². The quantitative estimate of drug-likeness (QED) is 0.0714. The van der Waals surface area contributed by atoms with Crippen molar-refractivity contribution in [3.05, 3.63) is 83.3 Å². The summed E-state index contributed by atoms with van der Waals surface area (Å²) in [6, 6.07) is 14.0. The van der Waals surface area contributed by atoms with Gasteiger partial charge in [-0.25, -0.2) is 19.7 Å². The summed E-state index contributed by atoms with van der Waals surface area (Å²) in [6.07, 6.45) is -2.20. The molecular formula is C26H26N9O8P. The number of para-hydroxylation sites is 2. The van der Waals surface area contributed by atoms with Crippen LogP contribution in [-0.4, -0.2) is 66.3 Å². The third kappa shape index (κ3) is 6.38. The monoisotopic (exact) mass is 623 g/mol. The Bertz CT molecular complexity index is 1720. The number of nitrogens with two attached hydrogens (primary N) is 1. The van der Waals surface area contributed by atoms with E-state index in [1.807, 2.05) is 18.2 Å². The third-order valence-corrected chi connectivity index (χ3v) is 7.46. The van der Waals surface area contributed by atoms with E-state index in [0.717, 1.165) is 5.56 Å². The van der Waals surface area contributed by atoms with Gasteiger partial charge in [0, 0.05) is 4.91 Å². The van der Waals surface area contributed by atoms with Crippen molar-refractivity contribution in [1.82, 2.24) is 19.5 Å². The van der Waals surface area contributed by atoms with E-state index < -0.39 is 50.9 Å². The molecule has 2 aromatic carbocycles. The van der Waals surface area contributed by atoms with Crippen LogP contribution in [0.25, 0.3) is 21.6 Å². The Balaban J connectivity index is 1.29. The molecule has 1 aliphatic heterocycles. The first-order valence-electron chi connectivity index (χ1n) is 13.0. The molecule has 17 nitrogen and oxygen atoms in total. The van der Waals surface area contributed by atoms with Crippen LogP contribution in [0.5, 0.6) is 11.5 Å². The number of esters is 1. The van der Waals surface area contributed by atoms with Crippen molar-refractivity contribution in [2.24, 2.45) is 9.86 Å². The van der Waals surface area contributed by atoms with Gasteiger partial charge >= 0.3 is 14.1 Å². The molecule has 0 bridgehead atoms. The number of nitrogens with zero attached hydrogens (tertiary/aromatic N) is 8. The molecule has 1 saturated heterocycles. The van der Waals surface area contributed by atoms with Gasteiger partial charge in [-0.15, -0.1) is 0 Å². The molecular weight excluding hydrogens is 597 g/mol. The molecule has 228 valence electrons. The normalized spacial score (nSPS) is 22.3. The average Bonchev–Trinajstić information content (AvgIpc) is 3.56. The van der Waals surface area contributed by atoms with Gasteiger partial charge in [-0.1, -0.05) is 52.3 Å². The summed E-state index contributed by atoms with van der Waals surface area (Å²) < 4.78 is 27.5. The molecule has 1 aliphatic rings. The van der Waals surface area contributed by atoms with Crippen LogP contribution >= 0.6 is 8.17 Å². The van der Waals surface area contributed by atoms with E-state index in [0.29, 0.717) is 0 Å². The number of fused-ring (bicyclic) bond motifs is 1. The number of aliphatic hydroxyl groups is 2. The van der Waals surface area contributed by atoms with Gasteiger partial charge in [0.05, 0.1) is 6.33 Å². The molecule has 18 heteroatoms. The Morgan fingerprint density at radius 3 is 2.68 bits per heavy atom. The highest BCUT2D eigenvalue weighted by Crippen LogP contribution is 2.41. The van der Waals surface area contributed by atoms with Gasteiger partial charge in [-0.2, -0.15) is 0 Å². The van der Waals surface area contributed by atoms with Gasteiger partial charge in [0.25, 0.3) is 0 Å². The van der Waals surface area contributed by atoms with Crippen molar-refractivity contribution in [2.75, 3.05) is 12.3 Å². The maximum absolute atomic E-state index is 12.7. The lowest BCUT2D eigenvalue weighted by molar-refractivity contribution is -0.170. The van der Waals surface area contributed by atoms with Gasteiger partial charge in [0.2, 0.25) is 11.5 Å². The Morgan fingerprint density at radius 2 is 1.93 bits per heavy atom. The summed E-state index contributed by atoms with van der Waals surface area (Å²) in [5.74, 6) is -0.621. The number of benzene rings is 2. The minimum atomic E-state index is -2.76. The van der Waals surface area contributed by atoms with E-state index in [2.05, 4.69) is 29.7 Å². The molecule has 4 aromatic rings. The van der Waals surface area contributed by atoms with Gasteiger partial charge in [0.1, 0.15) is 37.3 Å². The summed E-state index contributed by atoms with van der Waals surface area (Å²) in [5.41, 5.74) is 14.2. The lowest BCUT2D eigenvalue weighted by Gasteiger charge is -2.26. The highest BCUT2D eigenvalue weighted by molar-refractivity contribution is 7.34.